The van der Waals surface area contributed by atoms with Gasteiger partial charge in [0, 0.05) is 81.5 Å². The average molecular weight is 1100 g/mol. The van der Waals surface area contributed by atoms with E-state index in [4.69, 9.17) is 31.1 Å². The van der Waals surface area contributed by atoms with Crippen molar-refractivity contribution >= 4 is 58.2 Å². The summed E-state index contributed by atoms with van der Waals surface area (Å²) in [6, 6.07) is 16.2. The van der Waals surface area contributed by atoms with Gasteiger partial charge in [0.1, 0.15) is 23.4 Å². The van der Waals surface area contributed by atoms with Crippen LogP contribution in [0.15, 0.2) is 77.0 Å². The van der Waals surface area contributed by atoms with Crippen molar-refractivity contribution in [3.05, 3.63) is 106 Å². The molecule has 2 aromatic carbocycles. The third-order valence-corrected chi connectivity index (χ3v) is 17.6. The van der Waals surface area contributed by atoms with Crippen molar-refractivity contribution in [2.24, 2.45) is 17.6 Å². The molecule has 6 aromatic rings. The minimum Gasteiger partial charge on any atom is -0.507 e. The standard InChI is InChI=1S/C59H78N14O5S/c1-35(2)53(58(77)72-33-45(74)27-49(72)57(76)66-37(5)40-11-13-42(14-12-40)55-38(6)64-34-79-55)51-29-52(68-78-51)70-23-15-39(16-24-70)32-69-21-17-41(18-22-69)43-30-62-59(63-31-43)71-25-19-44(20-26-71)73-48(54(61)56(67-73)65-36(3)4)28-47(60)46-9-7-8-10-50(46)75/h7-14,28-31,34-37,39,41,44-45,49,53,74-75H,15-27,32-33,60-61H2,1-6H3,(H,65,67)(H,66,76)/b47-28-/t37-,45+,49-,53?/m0/s1. The van der Waals surface area contributed by atoms with Crippen LogP contribution in [0.25, 0.3) is 22.2 Å². The predicted molar refractivity (Wildman–Crippen MR) is 310 cm³/mol. The molecule has 79 heavy (non-hydrogen) atoms. The maximum Gasteiger partial charge on any atom is 0.243 e. The topological polar surface area (TPSA) is 246 Å². The lowest BCUT2D eigenvalue weighted by atomic mass is 9.89. The number of nitrogens with two attached hydrogens (primary N) is 2. The molecular formula is C59H78N14O5S. The van der Waals surface area contributed by atoms with Crippen LogP contribution in [-0.2, 0) is 9.59 Å². The Balaban J connectivity index is 0.677. The fourth-order valence-electron chi connectivity index (χ4n) is 12.1. The number of phenols is 1. The molecule has 1 unspecified atom stereocenters. The number of nitrogens with one attached hydrogen (secondary N) is 2. The van der Waals surface area contributed by atoms with Crippen molar-refractivity contribution in [2.45, 2.75) is 129 Å². The zero-order valence-electron chi connectivity index (χ0n) is 46.5. The Hall–Kier alpha value is -7.03. The summed E-state index contributed by atoms with van der Waals surface area (Å²) in [6.07, 6.45) is 11.1. The molecule has 20 heteroatoms. The summed E-state index contributed by atoms with van der Waals surface area (Å²) < 4.78 is 7.95. The minimum atomic E-state index is -0.806. The summed E-state index contributed by atoms with van der Waals surface area (Å²) in [5, 5.41) is 37.2. The number of amides is 2. The lowest BCUT2D eigenvalue weighted by Crippen LogP contribution is -2.48. The van der Waals surface area contributed by atoms with E-state index in [2.05, 4.69) is 49.3 Å². The first-order valence-electron chi connectivity index (χ1n) is 28.3. The number of nitrogen functional groups attached to an aromatic ring is 1. The summed E-state index contributed by atoms with van der Waals surface area (Å²) in [4.78, 5) is 52.2. The molecule has 4 saturated heterocycles. The maximum absolute atomic E-state index is 14.4. The van der Waals surface area contributed by atoms with Gasteiger partial charge in [-0.3, -0.25) is 14.3 Å². The fraction of sp³-hybridized carbons (Fsp3) is 0.508. The molecule has 8 N–H and O–H groups in total. The van der Waals surface area contributed by atoms with Crippen LogP contribution in [0, 0.1) is 18.8 Å². The van der Waals surface area contributed by atoms with Gasteiger partial charge < -0.3 is 56.4 Å². The van der Waals surface area contributed by atoms with E-state index >= 15 is 0 Å². The largest absolute Gasteiger partial charge is 0.507 e. The number of likely N-dealkylation sites (tertiary alicyclic amines) is 2. The Kier molecular flexibility index (Phi) is 16.9. The number of thiazole rings is 1. The predicted octanol–water partition coefficient (Wildman–Crippen LogP) is 8.17. The maximum atomic E-state index is 14.4. The zero-order chi connectivity index (χ0) is 55.5. The van der Waals surface area contributed by atoms with E-state index in [1.807, 2.05) is 92.8 Å². The van der Waals surface area contributed by atoms with Crippen LogP contribution in [0.4, 0.5) is 23.3 Å². The number of anilines is 4. The van der Waals surface area contributed by atoms with Crippen LogP contribution >= 0.6 is 11.3 Å². The smallest absolute Gasteiger partial charge is 0.243 e. The molecule has 4 atom stereocenters. The third-order valence-electron chi connectivity index (χ3n) is 16.6. The van der Waals surface area contributed by atoms with Gasteiger partial charge in [-0.25, -0.2) is 15.0 Å². The Morgan fingerprint density at radius 1 is 0.899 bits per heavy atom. The number of aromatic nitrogens is 6. The van der Waals surface area contributed by atoms with E-state index in [0.717, 1.165) is 123 Å². The average Bonchev–Trinajstić information content (AvgIpc) is 4.43. The van der Waals surface area contributed by atoms with Crippen molar-refractivity contribution < 1.29 is 24.3 Å². The Morgan fingerprint density at radius 3 is 2.25 bits per heavy atom. The molecule has 0 aliphatic carbocycles. The zero-order valence-corrected chi connectivity index (χ0v) is 47.3. The molecule has 4 aromatic heterocycles. The quantitative estimate of drug-likeness (QED) is 0.0504. The van der Waals surface area contributed by atoms with Gasteiger partial charge in [-0.2, -0.15) is 5.10 Å². The third kappa shape index (κ3) is 12.4. The number of piperidine rings is 3. The highest BCUT2D eigenvalue weighted by atomic mass is 32.1. The first-order valence-corrected chi connectivity index (χ1v) is 29.2. The van der Waals surface area contributed by atoms with Gasteiger partial charge in [0.15, 0.2) is 17.4 Å². The van der Waals surface area contributed by atoms with Crippen LogP contribution in [0.3, 0.4) is 0 Å². The molecule has 0 spiro atoms. The van der Waals surface area contributed by atoms with Crippen molar-refractivity contribution in [2.75, 3.05) is 73.2 Å². The number of aryl methyl sites for hydroxylation is 1. The summed E-state index contributed by atoms with van der Waals surface area (Å²) >= 11 is 1.60. The molecule has 8 heterocycles. The molecule has 2 amide bonds. The number of aliphatic hydroxyl groups is 1. The molecule has 10 rings (SSSR count). The summed E-state index contributed by atoms with van der Waals surface area (Å²) in [5.74, 6) is 2.37. The SMILES string of the molecule is Cc1ncsc1-c1ccc([C@H](C)NC(=O)[C@@H]2C[C@@H](O)CN2C(=O)C(c2cc(N3CCC(CN4CCC(c5cnc(N6CCC(n7nc(NC(C)C)c(N)c7/C=C(\N)c7ccccc7O)CC6)nc5)CC4)CC3)no2)C(C)C)cc1. The summed E-state index contributed by atoms with van der Waals surface area (Å²) in [7, 11) is 0. The highest BCUT2D eigenvalue weighted by Crippen LogP contribution is 2.38. The number of nitrogens with zero attached hydrogens (tertiary/aromatic N) is 10. The normalized spacial score (nSPS) is 20.1. The molecule has 0 bridgehead atoms. The van der Waals surface area contributed by atoms with Crippen molar-refractivity contribution in [3.63, 3.8) is 0 Å². The van der Waals surface area contributed by atoms with Gasteiger partial charge in [0.05, 0.1) is 40.0 Å². The first kappa shape index (κ1) is 55.3. The molecule has 4 aliphatic heterocycles. The number of carbonyl (C=O) groups is 2. The number of hydrogen-bond donors (Lipinski definition) is 6. The number of aliphatic hydroxyl groups excluding tert-OH is 1. The van der Waals surface area contributed by atoms with E-state index in [-0.39, 0.29) is 54.6 Å². The first-order chi connectivity index (χ1) is 38.1. The van der Waals surface area contributed by atoms with Crippen molar-refractivity contribution in [3.8, 4) is 16.2 Å². The highest BCUT2D eigenvalue weighted by Gasteiger charge is 2.44. The number of aromatic hydroxyl groups is 1. The van der Waals surface area contributed by atoms with Gasteiger partial charge in [0.25, 0.3) is 0 Å². The molecule has 0 radical (unpaired) electrons. The van der Waals surface area contributed by atoms with E-state index in [0.29, 0.717) is 40.4 Å². The molecule has 19 nitrogen and oxygen atoms in total. The monoisotopic (exact) mass is 1090 g/mol. The highest BCUT2D eigenvalue weighted by molar-refractivity contribution is 7.13. The Bertz CT molecular complexity index is 3060. The molecule has 4 fully saturated rings. The van der Waals surface area contributed by atoms with Gasteiger partial charge in [-0.1, -0.05) is 55.4 Å². The van der Waals surface area contributed by atoms with E-state index in [1.165, 1.54) is 10.5 Å². The lowest BCUT2D eigenvalue weighted by molar-refractivity contribution is -0.141. The van der Waals surface area contributed by atoms with Gasteiger partial charge in [-0.05, 0) is 132 Å². The van der Waals surface area contributed by atoms with Crippen molar-refractivity contribution in [1.29, 1.82) is 0 Å². The number of rotatable bonds is 17. The number of β-amino-alcohol motifs (C(OH)–C–C–N with tert-alkyl or cyclic N) is 1. The lowest BCUT2D eigenvalue weighted by Gasteiger charge is -2.37. The second-order valence-corrected chi connectivity index (χ2v) is 23.7. The number of benzene rings is 2. The Labute approximate surface area is 467 Å². The van der Waals surface area contributed by atoms with Crippen molar-refractivity contribution in [1.82, 2.24) is 45.0 Å². The molecule has 420 valence electrons. The van der Waals surface area contributed by atoms with Crippen LogP contribution < -0.4 is 31.9 Å². The van der Waals surface area contributed by atoms with Gasteiger partial charge in [0.2, 0.25) is 17.8 Å². The second-order valence-electron chi connectivity index (χ2n) is 22.9. The summed E-state index contributed by atoms with van der Waals surface area (Å²) in [6.45, 7) is 18.5. The van der Waals surface area contributed by atoms with Gasteiger partial charge in [-0.15, -0.1) is 11.3 Å². The number of carbonyl (C=O) groups excluding carboxylic acids is 2. The van der Waals surface area contributed by atoms with Crippen LogP contribution in [0.5, 0.6) is 5.75 Å². The van der Waals surface area contributed by atoms with E-state index in [1.54, 1.807) is 29.5 Å². The second kappa shape index (κ2) is 24.1. The fourth-order valence-corrected chi connectivity index (χ4v) is 12.9. The number of phenolic OH excluding ortho intramolecular Hbond substituents is 1. The minimum absolute atomic E-state index is 0.0813. The van der Waals surface area contributed by atoms with Crippen LogP contribution in [0.2, 0.25) is 0 Å². The van der Waals surface area contributed by atoms with Crippen LogP contribution in [-0.4, -0.2) is 132 Å². The van der Waals surface area contributed by atoms with Gasteiger partial charge >= 0.3 is 0 Å². The molecule has 4 aliphatic rings. The van der Waals surface area contributed by atoms with Crippen LogP contribution in [0.1, 0.15) is 137 Å². The Morgan fingerprint density at radius 2 is 1.59 bits per heavy atom. The number of para-hydroxylation sites is 1. The van der Waals surface area contributed by atoms with E-state index < -0.39 is 18.1 Å². The number of hydrogen-bond acceptors (Lipinski definition) is 17. The van der Waals surface area contributed by atoms with E-state index in [9.17, 15) is 19.8 Å². The molecule has 0 saturated carbocycles. The summed E-state index contributed by atoms with van der Waals surface area (Å²) in [5.41, 5.74) is 21.5. The molecular weight excluding hydrogens is 1020 g/mol.